The van der Waals surface area contributed by atoms with Crippen LogP contribution < -0.4 is 0 Å². The topological polar surface area (TPSA) is 91.0 Å². The van der Waals surface area contributed by atoms with Gasteiger partial charge in [0.1, 0.15) is 6.26 Å². The molecule has 0 aliphatic rings. The third-order valence-electron chi connectivity index (χ3n) is 2.10. The molecule has 16 heavy (non-hydrogen) atoms. The van der Waals surface area contributed by atoms with Gasteiger partial charge in [-0.1, -0.05) is 0 Å². The molecule has 0 atom stereocenters. The highest BCUT2D eigenvalue weighted by atomic mass is 16.4. The average Bonchev–Trinajstić information content (AvgIpc) is 2.74. The molecule has 1 aromatic rings. The summed E-state index contributed by atoms with van der Waals surface area (Å²) in [5, 5.41) is 17.4. The predicted octanol–water partition coefficient (Wildman–Crippen LogP) is 0.432. The molecule has 0 aromatic carbocycles. The third-order valence-corrected chi connectivity index (χ3v) is 2.10. The fourth-order valence-electron chi connectivity index (χ4n) is 1.24. The van der Waals surface area contributed by atoms with E-state index in [1.807, 2.05) is 0 Å². The molecule has 1 amide bonds. The van der Waals surface area contributed by atoms with Crippen molar-refractivity contribution in [1.29, 1.82) is 0 Å². The lowest BCUT2D eigenvalue weighted by Gasteiger charge is -2.17. The molecule has 0 saturated carbocycles. The molecule has 0 unspecified atom stereocenters. The maximum Gasteiger partial charge on any atom is 0.338 e. The fraction of sp³-hybridized carbons (Fsp3) is 0.400. The third kappa shape index (κ3) is 2.60. The SMILES string of the molecule is CCN(CCO)C(=O)c1cc(C(=O)O)co1. The number of furan rings is 1. The molecule has 0 bridgehead atoms. The van der Waals surface area contributed by atoms with Crippen LogP contribution in [0.4, 0.5) is 0 Å². The number of rotatable bonds is 5. The van der Waals surface area contributed by atoms with Gasteiger partial charge >= 0.3 is 5.97 Å². The second-order valence-electron chi connectivity index (χ2n) is 3.11. The number of carbonyl (C=O) groups excluding carboxylic acids is 1. The summed E-state index contributed by atoms with van der Waals surface area (Å²) in [4.78, 5) is 23.7. The van der Waals surface area contributed by atoms with Crippen LogP contribution in [0.3, 0.4) is 0 Å². The summed E-state index contributed by atoms with van der Waals surface area (Å²) in [5.74, 6) is -1.61. The number of likely N-dealkylation sites (N-methyl/N-ethyl adjacent to an activating group) is 1. The smallest absolute Gasteiger partial charge is 0.338 e. The van der Waals surface area contributed by atoms with Crippen molar-refractivity contribution in [3.8, 4) is 0 Å². The lowest BCUT2D eigenvalue weighted by atomic mass is 10.3. The second kappa shape index (κ2) is 5.32. The number of hydrogen-bond donors (Lipinski definition) is 2. The van der Waals surface area contributed by atoms with Gasteiger partial charge in [-0.05, 0) is 6.92 Å². The van der Waals surface area contributed by atoms with Gasteiger partial charge < -0.3 is 19.5 Å². The van der Waals surface area contributed by atoms with Crippen molar-refractivity contribution in [2.45, 2.75) is 6.92 Å². The quantitative estimate of drug-likeness (QED) is 0.761. The molecule has 0 radical (unpaired) electrons. The number of carbonyl (C=O) groups is 2. The number of amides is 1. The highest BCUT2D eigenvalue weighted by molar-refractivity contribution is 5.95. The Balaban J connectivity index is 2.82. The van der Waals surface area contributed by atoms with Crippen LogP contribution >= 0.6 is 0 Å². The monoisotopic (exact) mass is 227 g/mol. The Morgan fingerprint density at radius 1 is 1.50 bits per heavy atom. The molecule has 1 heterocycles. The number of carboxylic acids is 1. The molecule has 1 rings (SSSR count). The molecule has 0 spiro atoms. The van der Waals surface area contributed by atoms with E-state index in [0.717, 1.165) is 6.26 Å². The summed E-state index contributed by atoms with van der Waals surface area (Å²) in [6.45, 7) is 2.22. The zero-order valence-corrected chi connectivity index (χ0v) is 8.84. The Bertz CT molecular complexity index is 384. The number of aliphatic hydroxyl groups is 1. The summed E-state index contributed by atoms with van der Waals surface area (Å²) in [6.07, 6.45) is 1.02. The number of aromatic carboxylic acids is 1. The predicted molar refractivity (Wildman–Crippen MR) is 54.3 cm³/mol. The zero-order valence-electron chi connectivity index (χ0n) is 8.84. The zero-order chi connectivity index (χ0) is 12.1. The highest BCUT2D eigenvalue weighted by Crippen LogP contribution is 2.10. The molecule has 2 N–H and O–H groups in total. The van der Waals surface area contributed by atoms with Gasteiger partial charge in [-0.2, -0.15) is 0 Å². The first-order valence-corrected chi connectivity index (χ1v) is 4.82. The Morgan fingerprint density at radius 2 is 2.19 bits per heavy atom. The summed E-state index contributed by atoms with van der Waals surface area (Å²) < 4.78 is 4.86. The van der Waals surface area contributed by atoms with Crippen LogP contribution in [0, 0.1) is 0 Å². The summed E-state index contributed by atoms with van der Waals surface area (Å²) in [7, 11) is 0. The van der Waals surface area contributed by atoms with E-state index in [4.69, 9.17) is 14.6 Å². The lowest BCUT2D eigenvalue weighted by Crippen LogP contribution is -2.33. The molecule has 0 saturated heterocycles. The largest absolute Gasteiger partial charge is 0.478 e. The van der Waals surface area contributed by atoms with E-state index in [1.54, 1.807) is 6.92 Å². The van der Waals surface area contributed by atoms with Gasteiger partial charge in [0, 0.05) is 19.2 Å². The van der Waals surface area contributed by atoms with Crippen LogP contribution in [0.5, 0.6) is 0 Å². The highest BCUT2D eigenvalue weighted by Gasteiger charge is 2.19. The minimum Gasteiger partial charge on any atom is -0.478 e. The Morgan fingerprint density at radius 3 is 2.62 bits per heavy atom. The summed E-state index contributed by atoms with van der Waals surface area (Å²) >= 11 is 0. The van der Waals surface area contributed by atoms with Gasteiger partial charge in [-0.25, -0.2) is 4.79 Å². The van der Waals surface area contributed by atoms with Crippen molar-refractivity contribution >= 4 is 11.9 Å². The minimum absolute atomic E-state index is 0.0345. The first-order valence-electron chi connectivity index (χ1n) is 4.82. The van der Waals surface area contributed by atoms with Gasteiger partial charge in [0.05, 0.1) is 12.2 Å². The van der Waals surface area contributed by atoms with Gasteiger partial charge in [0.15, 0.2) is 5.76 Å². The normalized spacial score (nSPS) is 10.1. The summed E-state index contributed by atoms with van der Waals surface area (Å²) in [5.41, 5.74) is -0.0663. The number of nitrogens with zero attached hydrogens (tertiary/aromatic N) is 1. The van der Waals surface area contributed by atoms with E-state index in [9.17, 15) is 9.59 Å². The van der Waals surface area contributed by atoms with Crippen LogP contribution in [0.15, 0.2) is 16.7 Å². The van der Waals surface area contributed by atoms with Crippen molar-refractivity contribution in [3.63, 3.8) is 0 Å². The van der Waals surface area contributed by atoms with Gasteiger partial charge in [-0.3, -0.25) is 4.79 Å². The number of aliphatic hydroxyl groups excluding tert-OH is 1. The molecule has 1 aromatic heterocycles. The Kier molecular flexibility index (Phi) is 4.07. The maximum atomic E-state index is 11.7. The van der Waals surface area contributed by atoms with E-state index < -0.39 is 11.9 Å². The number of hydrogen-bond acceptors (Lipinski definition) is 4. The fourth-order valence-corrected chi connectivity index (χ4v) is 1.24. The van der Waals surface area contributed by atoms with E-state index in [1.165, 1.54) is 11.0 Å². The van der Waals surface area contributed by atoms with Gasteiger partial charge in [0.2, 0.25) is 0 Å². The molecule has 0 aliphatic heterocycles. The molecular weight excluding hydrogens is 214 g/mol. The average molecular weight is 227 g/mol. The Labute approximate surface area is 92.1 Å². The first-order chi connectivity index (χ1) is 7.60. The van der Waals surface area contributed by atoms with Crippen LogP contribution in [0.2, 0.25) is 0 Å². The van der Waals surface area contributed by atoms with Crippen LogP contribution in [-0.4, -0.2) is 46.7 Å². The molecular formula is C10H13NO5. The first kappa shape index (κ1) is 12.3. The van der Waals surface area contributed by atoms with E-state index >= 15 is 0 Å². The maximum absolute atomic E-state index is 11.7. The molecule has 0 aliphatic carbocycles. The van der Waals surface area contributed by atoms with Crippen molar-refractivity contribution in [3.05, 3.63) is 23.7 Å². The number of carboxylic acid groups (broad SMARTS) is 1. The van der Waals surface area contributed by atoms with Crippen LogP contribution in [0.25, 0.3) is 0 Å². The molecule has 0 fully saturated rings. The Hall–Kier alpha value is -1.82. The molecule has 6 nitrogen and oxygen atoms in total. The van der Waals surface area contributed by atoms with Crippen LogP contribution in [-0.2, 0) is 0 Å². The van der Waals surface area contributed by atoms with Crippen molar-refractivity contribution in [2.24, 2.45) is 0 Å². The second-order valence-corrected chi connectivity index (χ2v) is 3.11. The lowest BCUT2D eigenvalue weighted by molar-refractivity contribution is 0.0690. The molecule has 6 heteroatoms. The van der Waals surface area contributed by atoms with Crippen LogP contribution in [0.1, 0.15) is 27.8 Å². The van der Waals surface area contributed by atoms with Gasteiger partial charge in [-0.15, -0.1) is 0 Å². The summed E-state index contributed by atoms with van der Waals surface area (Å²) in [6, 6.07) is 1.17. The van der Waals surface area contributed by atoms with Crippen molar-refractivity contribution in [2.75, 3.05) is 19.7 Å². The van der Waals surface area contributed by atoms with Crippen molar-refractivity contribution in [1.82, 2.24) is 4.90 Å². The minimum atomic E-state index is -1.15. The van der Waals surface area contributed by atoms with E-state index in [2.05, 4.69) is 0 Å². The van der Waals surface area contributed by atoms with Gasteiger partial charge in [0.25, 0.3) is 5.91 Å². The van der Waals surface area contributed by atoms with Crippen molar-refractivity contribution < 1.29 is 24.2 Å². The standard InChI is InChI=1S/C10H13NO5/c1-2-11(3-4-12)9(13)8-5-7(6-16-8)10(14)15/h5-6,12H,2-4H2,1H3,(H,14,15). The molecule has 88 valence electrons. The van der Waals surface area contributed by atoms with E-state index in [0.29, 0.717) is 6.54 Å². The van der Waals surface area contributed by atoms with E-state index in [-0.39, 0.29) is 24.5 Å².